The topological polar surface area (TPSA) is 55.4 Å². The van der Waals surface area contributed by atoms with Crippen molar-refractivity contribution in [1.82, 2.24) is 5.32 Å². The molecule has 116 valence electrons. The third-order valence-electron chi connectivity index (χ3n) is 3.61. The van der Waals surface area contributed by atoms with Gasteiger partial charge in [0, 0.05) is 12.5 Å². The minimum atomic E-state index is -0.475. The van der Waals surface area contributed by atoms with Crippen molar-refractivity contribution in [3.05, 3.63) is 22.4 Å². The standard InChI is InChI=1S/C16H23NO3S/c1-16(2,3)20-15(19)17-10-11-6-7-12(9-11)14(18)13-5-4-8-21-13/h4-5,8,11-12H,6-7,9-10H2,1-3H3,(H,17,19). The third-order valence-corrected chi connectivity index (χ3v) is 4.49. The van der Waals surface area contributed by atoms with Gasteiger partial charge >= 0.3 is 6.09 Å². The Kier molecular flexibility index (Phi) is 5.04. The van der Waals surface area contributed by atoms with Gasteiger partial charge in [-0.15, -0.1) is 11.3 Å². The highest BCUT2D eigenvalue weighted by molar-refractivity contribution is 7.12. The van der Waals surface area contributed by atoms with E-state index in [-0.39, 0.29) is 17.8 Å². The molecule has 1 N–H and O–H groups in total. The fourth-order valence-electron chi connectivity index (χ4n) is 2.66. The molecule has 1 saturated carbocycles. The normalized spacial score (nSPS) is 22.0. The zero-order valence-electron chi connectivity index (χ0n) is 12.8. The number of alkyl carbamates (subject to hydrolysis) is 1. The molecule has 1 fully saturated rings. The van der Waals surface area contributed by atoms with E-state index >= 15 is 0 Å². The van der Waals surface area contributed by atoms with Crippen LogP contribution in [-0.4, -0.2) is 24.0 Å². The van der Waals surface area contributed by atoms with Gasteiger partial charge in [-0.25, -0.2) is 4.79 Å². The summed E-state index contributed by atoms with van der Waals surface area (Å²) >= 11 is 1.50. The predicted octanol–water partition coefficient (Wildman–Crippen LogP) is 3.87. The minimum absolute atomic E-state index is 0.106. The van der Waals surface area contributed by atoms with Gasteiger partial charge < -0.3 is 10.1 Å². The minimum Gasteiger partial charge on any atom is -0.444 e. The molecule has 0 radical (unpaired) electrons. The smallest absolute Gasteiger partial charge is 0.407 e. The summed E-state index contributed by atoms with van der Waals surface area (Å²) < 4.78 is 5.22. The quantitative estimate of drug-likeness (QED) is 0.859. The van der Waals surface area contributed by atoms with Crippen LogP contribution < -0.4 is 5.32 Å². The summed E-state index contributed by atoms with van der Waals surface area (Å²) in [7, 11) is 0. The maximum atomic E-state index is 12.3. The molecule has 5 heteroatoms. The number of carbonyl (C=O) groups excluding carboxylic acids is 2. The molecule has 1 aliphatic carbocycles. The number of thiophene rings is 1. The van der Waals surface area contributed by atoms with Crippen molar-refractivity contribution < 1.29 is 14.3 Å². The van der Waals surface area contributed by atoms with E-state index in [4.69, 9.17) is 4.74 Å². The summed E-state index contributed by atoms with van der Waals surface area (Å²) in [6.45, 7) is 6.12. The van der Waals surface area contributed by atoms with Crippen LogP contribution in [0.2, 0.25) is 0 Å². The predicted molar refractivity (Wildman–Crippen MR) is 83.7 cm³/mol. The summed E-state index contributed by atoms with van der Waals surface area (Å²) in [5.41, 5.74) is -0.475. The Hall–Kier alpha value is -1.36. The van der Waals surface area contributed by atoms with E-state index in [9.17, 15) is 9.59 Å². The van der Waals surface area contributed by atoms with E-state index in [1.165, 1.54) is 11.3 Å². The molecular weight excluding hydrogens is 286 g/mol. The van der Waals surface area contributed by atoms with E-state index in [2.05, 4.69) is 5.32 Å². The van der Waals surface area contributed by atoms with Crippen molar-refractivity contribution >= 4 is 23.2 Å². The van der Waals surface area contributed by atoms with Gasteiger partial charge in [-0.05, 0) is 57.4 Å². The average molecular weight is 309 g/mol. The maximum absolute atomic E-state index is 12.3. The molecule has 0 bridgehead atoms. The molecule has 0 aliphatic heterocycles. The second kappa shape index (κ2) is 6.60. The number of Topliss-reactive ketones (excluding diaryl/α,β-unsaturated/α-hetero) is 1. The lowest BCUT2D eigenvalue weighted by molar-refractivity contribution is 0.0519. The van der Waals surface area contributed by atoms with Gasteiger partial charge in [0.25, 0.3) is 0 Å². The second-order valence-corrected chi connectivity index (χ2v) is 7.55. The van der Waals surface area contributed by atoms with E-state index in [1.54, 1.807) is 0 Å². The van der Waals surface area contributed by atoms with Gasteiger partial charge in [0.1, 0.15) is 5.60 Å². The summed E-state index contributed by atoms with van der Waals surface area (Å²) in [6, 6.07) is 3.80. The Bertz CT molecular complexity index is 490. The molecule has 2 unspecified atom stereocenters. The number of ketones is 1. The van der Waals surface area contributed by atoms with Crippen LogP contribution in [0.3, 0.4) is 0 Å². The third kappa shape index (κ3) is 4.84. The second-order valence-electron chi connectivity index (χ2n) is 6.60. The lowest BCUT2D eigenvalue weighted by Crippen LogP contribution is -2.35. The van der Waals surface area contributed by atoms with E-state index in [0.717, 1.165) is 24.1 Å². The van der Waals surface area contributed by atoms with Gasteiger partial charge in [0.15, 0.2) is 5.78 Å². The van der Waals surface area contributed by atoms with Crippen LogP contribution in [0.1, 0.15) is 49.7 Å². The lowest BCUT2D eigenvalue weighted by Gasteiger charge is -2.20. The van der Waals surface area contributed by atoms with Gasteiger partial charge in [0.05, 0.1) is 4.88 Å². The molecule has 0 spiro atoms. The summed E-state index contributed by atoms with van der Waals surface area (Å²) in [5, 5.41) is 4.74. The molecular formula is C16H23NO3S. The van der Waals surface area contributed by atoms with Crippen molar-refractivity contribution in [1.29, 1.82) is 0 Å². The fourth-order valence-corrected chi connectivity index (χ4v) is 3.40. The Morgan fingerprint density at radius 3 is 2.76 bits per heavy atom. The van der Waals surface area contributed by atoms with Gasteiger partial charge in [-0.3, -0.25) is 4.79 Å². The molecule has 2 rings (SSSR count). The zero-order chi connectivity index (χ0) is 15.5. The van der Waals surface area contributed by atoms with Crippen molar-refractivity contribution in [2.24, 2.45) is 11.8 Å². The van der Waals surface area contributed by atoms with Crippen molar-refractivity contribution in [3.8, 4) is 0 Å². The first kappa shape index (κ1) is 16.0. The molecule has 1 heterocycles. The van der Waals surface area contributed by atoms with Crippen LogP contribution in [0.25, 0.3) is 0 Å². The Morgan fingerprint density at radius 2 is 2.14 bits per heavy atom. The van der Waals surface area contributed by atoms with Gasteiger partial charge in [0.2, 0.25) is 0 Å². The van der Waals surface area contributed by atoms with E-state index in [0.29, 0.717) is 12.5 Å². The molecule has 1 amide bonds. The molecule has 1 aliphatic rings. The van der Waals surface area contributed by atoms with Crippen LogP contribution in [0.4, 0.5) is 4.79 Å². The number of rotatable bonds is 4. The molecule has 1 aromatic heterocycles. The first-order valence-electron chi connectivity index (χ1n) is 7.40. The number of nitrogens with one attached hydrogen (secondary N) is 1. The van der Waals surface area contributed by atoms with Crippen LogP contribution >= 0.6 is 11.3 Å². The summed E-state index contributed by atoms with van der Waals surface area (Å²) in [4.78, 5) is 24.7. The monoisotopic (exact) mass is 309 g/mol. The Balaban J connectivity index is 1.76. The summed E-state index contributed by atoms with van der Waals surface area (Å²) in [5.74, 6) is 0.727. The molecule has 1 aromatic rings. The highest BCUT2D eigenvalue weighted by Crippen LogP contribution is 2.33. The van der Waals surface area contributed by atoms with Crippen LogP contribution in [-0.2, 0) is 4.74 Å². The van der Waals surface area contributed by atoms with Crippen LogP contribution in [0, 0.1) is 11.8 Å². The Labute approximate surface area is 129 Å². The SMILES string of the molecule is CC(C)(C)OC(=O)NCC1CCC(C(=O)c2cccs2)C1. The molecule has 21 heavy (non-hydrogen) atoms. The molecule has 4 nitrogen and oxygen atoms in total. The van der Waals surface area contributed by atoms with Crippen molar-refractivity contribution in [2.45, 2.75) is 45.6 Å². The number of ether oxygens (including phenoxy) is 1. The van der Waals surface area contributed by atoms with Crippen molar-refractivity contribution in [3.63, 3.8) is 0 Å². The maximum Gasteiger partial charge on any atom is 0.407 e. The number of hydrogen-bond acceptors (Lipinski definition) is 4. The summed E-state index contributed by atoms with van der Waals surface area (Å²) in [6.07, 6.45) is 2.37. The van der Waals surface area contributed by atoms with Gasteiger partial charge in [-0.2, -0.15) is 0 Å². The first-order chi connectivity index (χ1) is 9.85. The number of amides is 1. The zero-order valence-corrected chi connectivity index (χ0v) is 13.7. The Morgan fingerprint density at radius 1 is 1.38 bits per heavy atom. The van der Waals surface area contributed by atoms with Crippen LogP contribution in [0.15, 0.2) is 17.5 Å². The lowest BCUT2D eigenvalue weighted by atomic mass is 9.99. The molecule has 2 atom stereocenters. The molecule has 0 aromatic carbocycles. The van der Waals surface area contributed by atoms with Crippen molar-refractivity contribution in [2.75, 3.05) is 6.54 Å². The number of hydrogen-bond donors (Lipinski definition) is 1. The molecule has 0 saturated heterocycles. The highest BCUT2D eigenvalue weighted by atomic mass is 32.1. The number of carbonyl (C=O) groups is 2. The highest BCUT2D eigenvalue weighted by Gasteiger charge is 2.31. The van der Waals surface area contributed by atoms with E-state index < -0.39 is 5.60 Å². The van der Waals surface area contributed by atoms with Gasteiger partial charge in [-0.1, -0.05) is 6.07 Å². The van der Waals surface area contributed by atoms with E-state index in [1.807, 2.05) is 38.3 Å². The fraction of sp³-hybridized carbons (Fsp3) is 0.625. The average Bonchev–Trinajstić information content (AvgIpc) is 3.05. The largest absolute Gasteiger partial charge is 0.444 e. The first-order valence-corrected chi connectivity index (χ1v) is 8.27. The van der Waals surface area contributed by atoms with Crippen LogP contribution in [0.5, 0.6) is 0 Å².